The lowest BCUT2D eigenvalue weighted by atomic mass is 10.2. The normalized spacial score (nSPS) is 11.1. The molecule has 6 nitrogen and oxygen atoms in total. The first kappa shape index (κ1) is 14.5. The molecule has 0 aliphatic rings. The van der Waals surface area contributed by atoms with Gasteiger partial charge in [-0.15, -0.1) is 11.3 Å². The summed E-state index contributed by atoms with van der Waals surface area (Å²) in [5.74, 6) is 4.82. The average Bonchev–Trinajstić information content (AvgIpc) is 2.94. The Labute approximate surface area is 120 Å². The number of nitrogens with zero attached hydrogens (tertiary/aromatic N) is 2. The number of nitrogens with two attached hydrogens (primary N) is 1. The fourth-order valence-corrected chi connectivity index (χ4v) is 2.92. The summed E-state index contributed by atoms with van der Waals surface area (Å²) in [5, 5.41) is 0. The molecule has 0 radical (unpaired) electrons. The van der Waals surface area contributed by atoms with E-state index in [1.54, 1.807) is 27.6 Å². The Morgan fingerprint density at radius 3 is 2.70 bits per heavy atom. The zero-order chi connectivity index (χ0) is 14.9. The molecule has 20 heavy (non-hydrogen) atoms. The van der Waals surface area contributed by atoms with Crippen molar-refractivity contribution < 1.29 is 4.79 Å². The monoisotopic (exact) mass is 294 g/mol. The molecule has 0 saturated carbocycles. The second-order valence-corrected chi connectivity index (χ2v) is 6.13. The third-order valence-corrected chi connectivity index (χ3v) is 4.24. The molecule has 0 saturated heterocycles. The first-order valence-corrected chi connectivity index (χ1v) is 7.13. The third kappa shape index (κ3) is 2.68. The number of carbonyl (C=O) groups is 1. The zero-order valence-corrected chi connectivity index (χ0v) is 12.5. The number of rotatable bonds is 4. The highest BCUT2D eigenvalue weighted by Gasteiger charge is 2.13. The van der Waals surface area contributed by atoms with E-state index in [9.17, 15) is 9.59 Å². The molecule has 0 aromatic carbocycles. The van der Waals surface area contributed by atoms with Crippen LogP contribution in [0.4, 0.5) is 0 Å². The summed E-state index contributed by atoms with van der Waals surface area (Å²) < 4.78 is 3.31. The smallest absolute Gasteiger partial charge is 0.297 e. The van der Waals surface area contributed by atoms with Crippen molar-refractivity contribution in [3.8, 4) is 0 Å². The molecular formula is C13H18N4O2S. The second kappa shape index (κ2) is 5.64. The molecule has 0 unspecified atom stereocenters. The van der Waals surface area contributed by atoms with E-state index in [0.717, 1.165) is 10.4 Å². The predicted molar refractivity (Wildman–Crippen MR) is 78.9 cm³/mol. The van der Waals surface area contributed by atoms with Crippen molar-refractivity contribution in [2.75, 3.05) is 0 Å². The Hall–Kier alpha value is -1.86. The maximum atomic E-state index is 12.2. The van der Waals surface area contributed by atoms with Gasteiger partial charge in [0, 0.05) is 23.3 Å². The SMILES string of the molecule is Cc1sc(C(=O)NN)cc1Cn1ccn(C(C)C)c1=O. The van der Waals surface area contributed by atoms with Crippen molar-refractivity contribution in [1.82, 2.24) is 14.6 Å². The highest BCUT2D eigenvalue weighted by atomic mass is 32.1. The first-order valence-electron chi connectivity index (χ1n) is 6.31. The van der Waals surface area contributed by atoms with Crippen LogP contribution >= 0.6 is 11.3 Å². The minimum Gasteiger partial charge on any atom is -0.297 e. The lowest BCUT2D eigenvalue weighted by Crippen LogP contribution is -2.29. The molecular weight excluding hydrogens is 276 g/mol. The number of aryl methyl sites for hydroxylation is 1. The number of hydrazine groups is 1. The lowest BCUT2D eigenvalue weighted by Gasteiger charge is -2.04. The van der Waals surface area contributed by atoms with E-state index < -0.39 is 0 Å². The first-order chi connectivity index (χ1) is 9.43. The van der Waals surface area contributed by atoms with Gasteiger partial charge in [-0.05, 0) is 32.4 Å². The van der Waals surface area contributed by atoms with Crippen LogP contribution in [0.5, 0.6) is 0 Å². The Kier molecular flexibility index (Phi) is 4.10. The quantitative estimate of drug-likeness (QED) is 0.506. The molecule has 2 aromatic rings. The molecule has 3 N–H and O–H groups in total. The van der Waals surface area contributed by atoms with Gasteiger partial charge in [-0.3, -0.25) is 19.4 Å². The topological polar surface area (TPSA) is 82.1 Å². The molecule has 2 heterocycles. The van der Waals surface area contributed by atoms with E-state index >= 15 is 0 Å². The molecule has 1 amide bonds. The van der Waals surface area contributed by atoms with E-state index in [0.29, 0.717) is 11.4 Å². The maximum absolute atomic E-state index is 12.2. The van der Waals surface area contributed by atoms with Gasteiger partial charge in [0.15, 0.2) is 0 Å². The summed E-state index contributed by atoms with van der Waals surface area (Å²) >= 11 is 1.37. The maximum Gasteiger partial charge on any atom is 0.328 e. The molecule has 2 rings (SSSR count). The average molecular weight is 294 g/mol. The highest BCUT2D eigenvalue weighted by molar-refractivity contribution is 7.14. The van der Waals surface area contributed by atoms with E-state index in [-0.39, 0.29) is 17.6 Å². The molecule has 0 atom stereocenters. The van der Waals surface area contributed by atoms with Crippen LogP contribution in [0.1, 0.15) is 40.0 Å². The number of carbonyl (C=O) groups excluding carboxylic acids is 1. The van der Waals surface area contributed by atoms with Gasteiger partial charge >= 0.3 is 5.69 Å². The molecule has 0 fully saturated rings. The predicted octanol–water partition coefficient (Wildman–Crippen LogP) is 1.25. The number of amides is 1. The fourth-order valence-electron chi connectivity index (χ4n) is 1.98. The zero-order valence-electron chi connectivity index (χ0n) is 11.7. The number of imidazole rings is 1. The van der Waals surface area contributed by atoms with Gasteiger partial charge in [0.05, 0.1) is 11.4 Å². The number of hydrogen-bond acceptors (Lipinski definition) is 4. The van der Waals surface area contributed by atoms with Gasteiger partial charge in [0.2, 0.25) is 0 Å². The molecule has 108 valence electrons. The summed E-state index contributed by atoms with van der Waals surface area (Å²) in [5.41, 5.74) is 3.02. The van der Waals surface area contributed by atoms with Crippen LogP contribution in [-0.4, -0.2) is 15.0 Å². The van der Waals surface area contributed by atoms with Gasteiger partial charge in [-0.25, -0.2) is 10.6 Å². The largest absolute Gasteiger partial charge is 0.328 e. The molecule has 0 spiro atoms. The van der Waals surface area contributed by atoms with Gasteiger partial charge in [-0.1, -0.05) is 0 Å². The summed E-state index contributed by atoms with van der Waals surface area (Å²) in [4.78, 5) is 25.2. The molecule has 2 aromatic heterocycles. The number of hydrogen-bond donors (Lipinski definition) is 2. The fraction of sp³-hybridized carbons (Fsp3) is 0.385. The minimum absolute atomic E-state index is 0.0459. The number of thiophene rings is 1. The standard InChI is InChI=1S/C13H18N4O2S/c1-8(2)17-5-4-16(13(17)19)7-10-6-11(12(18)15-14)20-9(10)3/h4-6,8H,7,14H2,1-3H3,(H,15,18). The molecule has 0 aliphatic heterocycles. The van der Waals surface area contributed by atoms with E-state index in [4.69, 9.17) is 5.84 Å². The summed E-state index contributed by atoms with van der Waals surface area (Å²) in [6.07, 6.45) is 3.55. The lowest BCUT2D eigenvalue weighted by molar-refractivity contribution is 0.0957. The van der Waals surface area contributed by atoms with Gasteiger partial charge in [-0.2, -0.15) is 0 Å². The van der Waals surface area contributed by atoms with E-state index in [2.05, 4.69) is 5.43 Å². The third-order valence-electron chi connectivity index (χ3n) is 3.15. The van der Waals surface area contributed by atoms with Crippen LogP contribution in [-0.2, 0) is 6.54 Å². The van der Waals surface area contributed by atoms with Crippen molar-refractivity contribution in [2.24, 2.45) is 5.84 Å². The van der Waals surface area contributed by atoms with Crippen LogP contribution in [0.15, 0.2) is 23.3 Å². The molecule has 7 heteroatoms. The summed E-state index contributed by atoms with van der Waals surface area (Å²) in [6, 6.07) is 1.91. The number of nitrogens with one attached hydrogen (secondary N) is 1. The van der Waals surface area contributed by atoms with Gasteiger partial charge in [0.1, 0.15) is 0 Å². The van der Waals surface area contributed by atoms with Crippen molar-refractivity contribution in [3.63, 3.8) is 0 Å². The minimum atomic E-state index is -0.309. The summed E-state index contributed by atoms with van der Waals surface area (Å²) in [6.45, 7) is 6.31. The van der Waals surface area contributed by atoms with Crippen molar-refractivity contribution in [2.45, 2.75) is 33.4 Å². The highest BCUT2D eigenvalue weighted by Crippen LogP contribution is 2.22. The van der Waals surface area contributed by atoms with Crippen LogP contribution in [0.25, 0.3) is 0 Å². The van der Waals surface area contributed by atoms with Crippen LogP contribution in [0.2, 0.25) is 0 Å². The molecule has 0 aliphatic carbocycles. The number of nitrogen functional groups attached to an aromatic ring is 1. The summed E-state index contributed by atoms with van der Waals surface area (Å²) in [7, 11) is 0. The van der Waals surface area contributed by atoms with Gasteiger partial charge in [0.25, 0.3) is 5.91 Å². The van der Waals surface area contributed by atoms with E-state index in [1.807, 2.05) is 20.8 Å². The van der Waals surface area contributed by atoms with Crippen molar-refractivity contribution in [1.29, 1.82) is 0 Å². The molecule has 0 bridgehead atoms. The Morgan fingerprint density at radius 1 is 1.45 bits per heavy atom. The van der Waals surface area contributed by atoms with E-state index in [1.165, 1.54) is 11.3 Å². The Morgan fingerprint density at radius 2 is 2.15 bits per heavy atom. The van der Waals surface area contributed by atoms with Gasteiger partial charge < -0.3 is 0 Å². The Balaban J connectivity index is 2.29. The van der Waals surface area contributed by atoms with Crippen LogP contribution < -0.4 is 17.0 Å². The van der Waals surface area contributed by atoms with Crippen molar-refractivity contribution >= 4 is 17.2 Å². The van der Waals surface area contributed by atoms with Crippen LogP contribution in [0, 0.1) is 6.92 Å². The second-order valence-electron chi connectivity index (χ2n) is 4.88. The Bertz CT molecular complexity index is 681. The van der Waals surface area contributed by atoms with Crippen LogP contribution in [0.3, 0.4) is 0 Å². The van der Waals surface area contributed by atoms with Crippen molar-refractivity contribution in [3.05, 3.63) is 44.3 Å². The number of aromatic nitrogens is 2.